The number of aromatic carboxylic acids is 1. The molecule has 0 aliphatic rings. The molecule has 0 atom stereocenters. The zero-order valence-electron chi connectivity index (χ0n) is 18.2. The Morgan fingerprint density at radius 3 is 2.24 bits per heavy atom. The number of hydrogen-bond donors (Lipinski definition) is 3. The van der Waals surface area contributed by atoms with Crippen molar-refractivity contribution < 1.29 is 28.6 Å². The second-order valence-electron chi connectivity index (χ2n) is 7.59. The molecule has 3 N–H and O–H groups in total. The van der Waals surface area contributed by atoms with Crippen LogP contribution in [-0.4, -0.2) is 29.5 Å². The third-order valence-corrected chi connectivity index (χ3v) is 4.41. The lowest BCUT2D eigenvalue weighted by atomic mass is 10.2. The monoisotopic (exact) mass is 448 g/mol. The van der Waals surface area contributed by atoms with Crippen molar-refractivity contribution >= 4 is 29.5 Å². The maximum Gasteiger partial charge on any atom is 0.335 e. The van der Waals surface area contributed by atoms with E-state index in [-0.39, 0.29) is 11.3 Å². The Labute approximate surface area is 190 Å². The van der Waals surface area contributed by atoms with Crippen molar-refractivity contribution in [1.82, 2.24) is 5.32 Å². The zero-order valence-corrected chi connectivity index (χ0v) is 18.2. The van der Waals surface area contributed by atoms with Gasteiger partial charge in [-0.05, 0) is 66.6 Å². The van der Waals surface area contributed by atoms with Crippen molar-refractivity contribution in [3.05, 3.63) is 89.5 Å². The number of carbonyl (C=O) groups excluding carboxylic acids is 2. The van der Waals surface area contributed by atoms with Crippen LogP contribution in [0.15, 0.2) is 77.0 Å². The molecule has 0 aliphatic carbocycles. The Morgan fingerprint density at radius 1 is 1.00 bits per heavy atom. The van der Waals surface area contributed by atoms with E-state index in [0.29, 0.717) is 35.3 Å². The number of benzene rings is 2. The van der Waals surface area contributed by atoms with E-state index in [9.17, 15) is 14.4 Å². The van der Waals surface area contributed by atoms with Crippen LogP contribution in [0.3, 0.4) is 0 Å². The van der Waals surface area contributed by atoms with Crippen LogP contribution in [0.25, 0.3) is 6.08 Å². The summed E-state index contributed by atoms with van der Waals surface area (Å²) in [5.41, 5.74) is 0.762. The van der Waals surface area contributed by atoms with Crippen molar-refractivity contribution in [3.8, 4) is 5.75 Å². The number of nitrogens with one attached hydrogen (secondary N) is 2. The Bertz CT molecular complexity index is 1130. The highest BCUT2D eigenvalue weighted by Gasteiger charge is 2.16. The number of rotatable bonds is 9. The van der Waals surface area contributed by atoms with Crippen LogP contribution in [0.1, 0.15) is 40.3 Å². The molecule has 8 heteroatoms. The lowest BCUT2D eigenvalue weighted by Crippen LogP contribution is -2.30. The molecule has 0 radical (unpaired) electrons. The number of hydrogen-bond acceptors (Lipinski definition) is 5. The normalized spacial score (nSPS) is 11.2. The smallest absolute Gasteiger partial charge is 0.335 e. The van der Waals surface area contributed by atoms with Crippen molar-refractivity contribution in [1.29, 1.82) is 0 Å². The average Bonchev–Trinajstić information content (AvgIpc) is 3.31. The molecule has 170 valence electrons. The van der Waals surface area contributed by atoms with Crippen LogP contribution in [0.2, 0.25) is 0 Å². The summed E-state index contributed by atoms with van der Waals surface area (Å²) in [5, 5.41) is 14.2. The fourth-order valence-electron chi connectivity index (χ4n) is 2.73. The van der Waals surface area contributed by atoms with E-state index in [1.807, 2.05) is 13.8 Å². The first-order chi connectivity index (χ1) is 15.8. The summed E-state index contributed by atoms with van der Waals surface area (Å²) in [6.07, 6.45) is 2.85. The highest BCUT2D eigenvalue weighted by molar-refractivity contribution is 6.10. The molecule has 3 aromatic rings. The molecule has 0 aliphatic heterocycles. The molecule has 0 saturated heterocycles. The minimum absolute atomic E-state index is 0.0441. The van der Waals surface area contributed by atoms with Gasteiger partial charge in [-0.25, -0.2) is 4.79 Å². The van der Waals surface area contributed by atoms with Crippen molar-refractivity contribution in [2.24, 2.45) is 5.92 Å². The van der Waals surface area contributed by atoms with E-state index in [4.69, 9.17) is 14.3 Å². The number of carbonyl (C=O) groups is 3. The molecule has 3 rings (SSSR count). The first kappa shape index (κ1) is 23.3. The predicted molar refractivity (Wildman–Crippen MR) is 123 cm³/mol. The summed E-state index contributed by atoms with van der Waals surface area (Å²) >= 11 is 0. The van der Waals surface area contributed by atoms with Crippen LogP contribution in [-0.2, 0) is 4.79 Å². The van der Waals surface area contributed by atoms with Gasteiger partial charge in [-0.3, -0.25) is 9.59 Å². The molecule has 1 aromatic heterocycles. The largest absolute Gasteiger partial charge is 0.493 e. The van der Waals surface area contributed by atoms with Crippen molar-refractivity contribution in [2.45, 2.75) is 13.8 Å². The molecule has 2 aromatic carbocycles. The van der Waals surface area contributed by atoms with Gasteiger partial charge in [0.15, 0.2) is 0 Å². The molecule has 0 saturated carbocycles. The number of ether oxygens (including phenoxy) is 1. The van der Waals surface area contributed by atoms with Gasteiger partial charge in [-0.2, -0.15) is 0 Å². The van der Waals surface area contributed by atoms with Crippen LogP contribution in [0.5, 0.6) is 5.75 Å². The zero-order chi connectivity index (χ0) is 23.8. The van der Waals surface area contributed by atoms with Gasteiger partial charge in [0.25, 0.3) is 11.8 Å². The van der Waals surface area contributed by atoms with Crippen molar-refractivity contribution in [2.75, 3.05) is 11.9 Å². The van der Waals surface area contributed by atoms with Gasteiger partial charge in [-0.1, -0.05) is 13.8 Å². The lowest BCUT2D eigenvalue weighted by molar-refractivity contribution is -0.113. The summed E-state index contributed by atoms with van der Waals surface area (Å²) in [5.74, 6) is -0.757. The van der Waals surface area contributed by atoms with E-state index in [2.05, 4.69) is 10.6 Å². The maximum atomic E-state index is 12.9. The van der Waals surface area contributed by atoms with E-state index < -0.39 is 17.8 Å². The summed E-state index contributed by atoms with van der Waals surface area (Å²) < 4.78 is 10.9. The standard InChI is InChI=1S/C25H24N2O6/c1-16(2)15-33-20-11-7-17(8-12-20)23(28)27-22(14-21-4-3-13-32-21)24(29)26-19-9-5-18(6-10-19)25(30)31/h3-14,16H,15H2,1-2H3,(H,26,29)(H,27,28)(H,30,31). The second kappa shape index (κ2) is 10.8. The quantitative estimate of drug-likeness (QED) is 0.417. The summed E-state index contributed by atoms with van der Waals surface area (Å²) in [6.45, 7) is 4.65. The molecule has 0 bridgehead atoms. The van der Waals surface area contributed by atoms with Gasteiger partial charge < -0.3 is 24.9 Å². The first-order valence-corrected chi connectivity index (χ1v) is 10.3. The van der Waals surface area contributed by atoms with E-state index in [1.165, 1.54) is 36.6 Å². The van der Waals surface area contributed by atoms with Gasteiger partial charge in [-0.15, -0.1) is 0 Å². The van der Waals surface area contributed by atoms with E-state index >= 15 is 0 Å². The number of amides is 2. The van der Waals surface area contributed by atoms with Crippen LogP contribution in [0, 0.1) is 5.92 Å². The summed E-state index contributed by atoms with van der Waals surface area (Å²) in [4.78, 5) is 36.6. The molecular weight excluding hydrogens is 424 g/mol. The minimum atomic E-state index is -1.07. The van der Waals surface area contributed by atoms with Crippen LogP contribution < -0.4 is 15.4 Å². The molecule has 0 unspecified atom stereocenters. The van der Waals surface area contributed by atoms with Crippen molar-refractivity contribution in [3.63, 3.8) is 0 Å². The Morgan fingerprint density at radius 2 is 1.67 bits per heavy atom. The molecule has 1 heterocycles. The first-order valence-electron chi connectivity index (χ1n) is 10.3. The highest BCUT2D eigenvalue weighted by atomic mass is 16.5. The minimum Gasteiger partial charge on any atom is -0.493 e. The van der Waals surface area contributed by atoms with Gasteiger partial charge >= 0.3 is 5.97 Å². The second-order valence-corrected chi connectivity index (χ2v) is 7.59. The number of carboxylic acid groups (broad SMARTS) is 1. The molecule has 0 fully saturated rings. The molecule has 0 spiro atoms. The molecular formula is C25H24N2O6. The average molecular weight is 448 g/mol. The number of carboxylic acids is 1. The number of anilines is 1. The lowest BCUT2D eigenvalue weighted by Gasteiger charge is -2.12. The fourth-order valence-corrected chi connectivity index (χ4v) is 2.73. The van der Waals surface area contributed by atoms with Crippen LogP contribution >= 0.6 is 0 Å². The Kier molecular flexibility index (Phi) is 7.64. The highest BCUT2D eigenvalue weighted by Crippen LogP contribution is 2.16. The van der Waals surface area contributed by atoms with Gasteiger partial charge in [0, 0.05) is 17.3 Å². The maximum absolute atomic E-state index is 12.9. The van der Waals surface area contributed by atoms with Crippen LogP contribution in [0.4, 0.5) is 5.69 Å². The Hall–Kier alpha value is -4.33. The van der Waals surface area contributed by atoms with E-state index in [0.717, 1.165) is 0 Å². The fraction of sp³-hybridized carbons (Fsp3) is 0.160. The summed E-state index contributed by atoms with van der Waals surface area (Å²) in [7, 11) is 0. The topological polar surface area (TPSA) is 118 Å². The number of furan rings is 1. The Balaban J connectivity index is 1.74. The molecule has 2 amide bonds. The third-order valence-electron chi connectivity index (χ3n) is 4.41. The van der Waals surface area contributed by atoms with E-state index in [1.54, 1.807) is 36.4 Å². The van der Waals surface area contributed by atoms with Gasteiger partial charge in [0.1, 0.15) is 17.2 Å². The van der Waals surface area contributed by atoms with Gasteiger partial charge in [0.2, 0.25) is 0 Å². The molecule has 8 nitrogen and oxygen atoms in total. The molecule has 33 heavy (non-hydrogen) atoms. The summed E-state index contributed by atoms with van der Waals surface area (Å²) in [6, 6.07) is 15.6. The SMILES string of the molecule is CC(C)COc1ccc(C(=O)NC(=Cc2ccco2)C(=O)Nc2ccc(C(=O)O)cc2)cc1. The van der Waals surface area contributed by atoms with Gasteiger partial charge in [0.05, 0.1) is 18.4 Å². The third kappa shape index (κ3) is 6.83. The predicted octanol–water partition coefficient (Wildman–Crippen LogP) is 4.42.